The van der Waals surface area contributed by atoms with E-state index in [1.54, 1.807) is 0 Å². The Balaban J connectivity index is 2.79. The maximum absolute atomic E-state index is 6.66. The van der Waals surface area contributed by atoms with Crippen LogP contribution in [-0.4, -0.2) is 14.6 Å². The van der Waals surface area contributed by atoms with Crippen molar-refractivity contribution >= 4 is 23.8 Å². The van der Waals surface area contributed by atoms with Crippen LogP contribution in [0.2, 0.25) is 6.04 Å². The molecule has 0 saturated heterocycles. The van der Waals surface area contributed by atoms with Crippen molar-refractivity contribution in [2.24, 2.45) is 0 Å². The van der Waals surface area contributed by atoms with E-state index >= 15 is 0 Å². The summed E-state index contributed by atoms with van der Waals surface area (Å²) in [6.45, 7) is 2.20. The first-order valence-electron chi connectivity index (χ1n) is 5.16. The SMILES string of the molecule is CCCC[Si](Cl)(NC)c1ccccc1. The molecule has 0 aliphatic rings. The summed E-state index contributed by atoms with van der Waals surface area (Å²) in [6.07, 6.45) is 2.40. The quantitative estimate of drug-likeness (QED) is 0.603. The lowest BCUT2D eigenvalue weighted by molar-refractivity contribution is 0.864. The fourth-order valence-electron chi connectivity index (χ4n) is 1.54. The van der Waals surface area contributed by atoms with Gasteiger partial charge in [0.15, 0.2) is 0 Å². The highest BCUT2D eigenvalue weighted by Crippen LogP contribution is 2.15. The molecule has 0 aliphatic carbocycles. The van der Waals surface area contributed by atoms with Gasteiger partial charge in [0.2, 0.25) is 0 Å². The van der Waals surface area contributed by atoms with Gasteiger partial charge < -0.3 is 4.98 Å². The van der Waals surface area contributed by atoms with Gasteiger partial charge in [0.25, 0.3) is 7.55 Å². The summed E-state index contributed by atoms with van der Waals surface area (Å²) >= 11 is 6.66. The predicted octanol–water partition coefficient (Wildman–Crippen LogP) is 2.59. The first kappa shape index (κ1) is 11.8. The third kappa shape index (κ3) is 2.84. The smallest absolute Gasteiger partial charge is 0.257 e. The van der Waals surface area contributed by atoms with Gasteiger partial charge >= 0.3 is 0 Å². The molecule has 0 fully saturated rings. The summed E-state index contributed by atoms with van der Waals surface area (Å²) in [5.41, 5.74) is 0. The van der Waals surface area contributed by atoms with Crippen molar-refractivity contribution in [2.45, 2.75) is 25.8 Å². The van der Waals surface area contributed by atoms with Crippen LogP contribution in [0.5, 0.6) is 0 Å². The number of hydrogen-bond acceptors (Lipinski definition) is 1. The Morgan fingerprint density at radius 2 is 1.93 bits per heavy atom. The van der Waals surface area contributed by atoms with Crippen LogP contribution in [0.25, 0.3) is 0 Å². The Bertz CT molecular complexity index is 265. The van der Waals surface area contributed by atoms with Crippen LogP contribution in [0.4, 0.5) is 0 Å². The van der Waals surface area contributed by atoms with Gasteiger partial charge in [-0.1, -0.05) is 50.1 Å². The number of benzene rings is 1. The predicted molar refractivity (Wildman–Crippen MR) is 66.5 cm³/mol. The minimum absolute atomic E-state index is 1.10. The zero-order chi connectivity index (χ0) is 10.4. The molecular weight excluding hydrogens is 210 g/mol. The molecule has 1 nitrogen and oxygen atoms in total. The maximum atomic E-state index is 6.66. The Kier molecular flexibility index (Phi) is 4.65. The van der Waals surface area contributed by atoms with Gasteiger partial charge in [-0.2, -0.15) is 0 Å². The van der Waals surface area contributed by atoms with Crippen LogP contribution in [0, 0.1) is 0 Å². The molecule has 1 aromatic rings. The highest BCUT2D eigenvalue weighted by atomic mass is 35.6. The molecule has 14 heavy (non-hydrogen) atoms. The average molecular weight is 228 g/mol. The molecule has 1 unspecified atom stereocenters. The normalized spacial score (nSPS) is 15.1. The van der Waals surface area contributed by atoms with Crippen LogP contribution in [0.1, 0.15) is 19.8 Å². The molecule has 1 rings (SSSR count). The lowest BCUT2D eigenvalue weighted by Gasteiger charge is -2.23. The van der Waals surface area contributed by atoms with E-state index in [1.807, 2.05) is 13.1 Å². The molecular formula is C11H18ClNSi. The van der Waals surface area contributed by atoms with Gasteiger partial charge in [0.05, 0.1) is 0 Å². The lowest BCUT2D eigenvalue weighted by Crippen LogP contribution is -2.54. The van der Waals surface area contributed by atoms with Gasteiger partial charge in [0.1, 0.15) is 0 Å². The number of halogens is 1. The molecule has 78 valence electrons. The first-order valence-corrected chi connectivity index (χ1v) is 8.38. The van der Waals surface area contributed by atoms with E-state index in [0.29, 0.717) is 0 Å². The molecule has 0 spiro atoms. The molecule has 0 bridgehead atoms. The van der Waals surface area contributed by atoms with E-state index in [-0.39, 0.29) is 0 Å². The van der Waals surface area contributed by atoms with Gasteiger partial charge in [-0.25, -0.2) is 0 Å². The second-order valence-corrected chi connectivity index (χ2v) is 8.64. The third-order valence-corrected chi connectivity index (χ3v) is 7.37. The number of nitrogens with one attached hydrogen (secondary N) is 1. The zero-order valence-electron chi connectivity index (χ0n) is 8.89. The molecule has 0 radical (unpaired) electrons. The monoisotopic (exact) mass is 227 g/mol. The van der Waals surface area contributed by atoms with Crippen molar-refractivity contribution in [1.29, 1.82) is 0 Å². The molecule has 0 saturated carbocycles. The highest BCUT2D eigenvalue weighted by molar-refractivity contribution is 7.26. The molecule has 1 aromatic carbocycles. The summed E-state index contributed by atoms with van der Waals surface area (Å²) in [5, 5.41) is 1.29. The topological polar surface area (TPSA) is 12.0 Å². The Hall–Kier alpha value is -0.313. The van der Waals surface area contributed by atoms with E-state index in [2.05, 4.69) is 36.2 Å². The van der Waals surface area contributed by atoms with Gasteiger partial charge in [-0.05, 0) is 18.3 Å². The average Bonchev–Trinajstić information content (AvgIpc) is 2.27. The van der Waals surface area contributed by atoms with Crippen molar-refractivity contribution in [2.75, 3.05) is 7.05 Å². The van der Waals surface area contributed by atoms with Crippen LogP contribution in [0.15, 0.2) is 30.3 Å². The maximum Gasteiger partial charge on any atom is 0.257 e. The van der Waals surface area contributed by atoms with E-state index in [4.69, 9.17) is 11.1 Å². The number of hydrogen-bond donors (Lipinski definition) is 1. The zero-order valence-corrected chi connectivity index (χ0v) is 10.6. The summed E-state index contributed by atoms with van der Waals surface area (Å²) in [4.78, 5) is 3.33. The number of rotatable bonds is 5. The fraction of sp³-hybridized carbons (Fsp3) is 0.455. The highest BCUT2D eigenvalue weighted by Gasteiger charge is 2.30. The first-order chi connectivity index (χ1) is 6.73. The standard InChI is InChI=1S/C11H18ClNSi/c1-3-4-10-14(12,13-2)11-8-6-5-7-9-11/h5-9,13H,3-4,10H2,1-2H3. The molecule has 0 aliphatic heterocycles. The third-order valence-electron chi connectivity index (χ3n) is 2.50. The second kappa shape index (κ2) is 5.54. The lowest BCUT2D eigenvalue weighted by atomic mass is 10.4. The van der Waals surface area contributed by atoms with Crippen molar-refractivity contribution < 1.29 is 0 Å². The summed E-state index contributed by atoms with van der Waals surface area (Å²) in [6, 6.07) is 11.5. The van der Waals surface area contributed by atoms with Gasteiger partial charge in [-0.15, -0.1) is 11.1 Å². The molecule has 1 atom stereocenters. The molecule has 0 heterocycles. The van der Waals surface area contributed by atoms with Crippen LogP contribution < -0.4 is 10.2 Å². The second-order valence-electron chi connectivity index (χ2n) is 3.52. The summed E-state index contributed by atoms with van der Waals surface area (Å²) < 4.78 is 0. The van der Waals surface area contributed by atoms with Crippen LogP contribution >= 0.6 is 11.1 Å². The minimum atomic E-state index is -1.90. The molecule has 1 N–H and O–H groups in total. The summed E-state index contributed by atoms with van der Waals surface area (Å²) in [7, 11) is 0.0759. The summed E-state index contributed by atoms with van der Waals surface area (Å²) in [5.74, 6) is 0. The minimum Gasteiger partial charge on any atom is -0.325 e. The van der Waals surface area contributed by atoms with Crippen molar-refractivity contribution in [3.8, 4) is 0 Å². The Morgan fingerprint density at radius 3 is 2.43 bits per heavy atom. The van der Waals surface area contributed by atoms with Gasteiger partial charge in [-0.3, -0.25) is 0 Å². The van der Waals surface area contributed by atoms with E-state index in [0.717, 1.165) is 6.04 Å². The molecule has 0 amide bonds. The van der Waals surface area contributed by atoms with Crippen LogP contribution in [-0.2, 0) is 0 Å². The van der Waals surface area contributed by atoms with Crippen molar-refractivity contribution in [1.82, 2.24) is 4.98 Å². The van der Waals surface area contributed by atoms with Crippen LogP contribution in [0.3, 0.4) is 0 Å². The Morgan fingerprint density at radius 1 is 1.29 bits per heavy atom. The number of unbranched alkanes of at least 4 members (excludes halogenated alkanes) is 1. The van der Waals surface area contributed by atoms with E-state index in [1.165, 1.54) is 18.0 Å². The van der Waals surface area contributed by atoms with E-state index in [9.17, 15) is 0 Å². The van der Waals surface area contributed by atoms with Gasteiger partial charge in [0, 0.05) is 0 Å². The fourth-order valence-corrected chi connectivity index (χ4v) is 4.70. The van der Waals surface area contributed by atoms with Crippen molar-refractivity contribution in [3.05, 3.63) is 30.3 Å². The van der Waals surface area contributed by atoms with E-state index < -0.39 is 7.55 Å². The molecule has 0 aromatic heterocycles. The van der Waals surface area contributed by atoms with Crippen molar-refractivity contribution in [3.63, 3.8) is 0 Å². The Labute approximate surface area is 92.3 Å². The molecule has 3 heteroatoms. The largest absolute Gasteiger partial charge is 0.325 e.